The third kappa shape index (κ3) is 4.38. The first-order chi connectivity index (χ1) is 20.1. The summed E-state index contributed by atoms with van der Waals surface area (Å²) in [6.07, 6.45) is 0. The first-order valence-corrected chi connectivity index (χ1v) is 14.8. The summed E-state index contributed by atoms with van der Waals surface area (Å²) in [5.41, 5.74) is 6.15. The van der Waals surface area contributed by atoms with Crippen LogP contribution in [0.3, 0.4) is 0 Å². The van der Waals surface area contributed by atoms with Crippen molar-refractivity contribution in [3.63, 3.8) is 0 Å². The molecule has 7 heteroatoms. The van der Waals surface area contributed by atoms with Gasteiger partial charge in [0, 0.05) is 26.7 Å². The molecule has 1 spiro atoms. The minimum absolute atomic E-state index is 0.124. The molecule has 0 aliphatic carbocycles. The zero-order chi connectivity index (χ0) is 27.8. The van der Waals surface area contributed by atoms with Crippen LogP contribution in [0.1, 0.15) is 27.0 Å². The number of rotatable bonds is 5. The quantitative estimate of drug-likeness (QED) is 0.187. The van der Waals surface area contributed by atoms with Gasteiger partial charge in [-0.15, -0.1) is 0 Å². The minimum atomic E-state index is -1.00. The maximum Gasteiger partial charge on any atom is 0.234 e. The van der Waals surface area contributed by atoms with Crippen LogP contribution in [0.25, 0.3) is 0 Å². The lowest BCUT2D eigenvalue weighted by atomic mass is 9.93. The number of fused-ring (bicyclic) bond motifs is 2. The second-order valence-corrected chi connectivity index (χ2v) is 11.7. The molecule has 0 saturated carbocycles. The number of carbonyl (C=O) groups is 1. The Labute approximate surface area is 251 Å². The fraction of sp³-hybridized carbons (Fsp3) is 0.0294. The van der Waals surface area contributed by atoms with Crippen LogP contribution in [-0.2, 0) is 4.99 Å². The van der Waals surface area contributed by atoms with Crippen LogP contribution in [0.4, 0.5) is 11.4 Å². The highest BCUT2D eigenvalue weighted by Gasteiger charge is 2.56. The molecule has 2 aliphatic heterocycles. The summed E-state index contributed by atoms with van der Waals surface area (Å²) in [5.74, 6) is -0.124. The Bertz CT molecular complexity index is 1790. The summed E-state index contributed by atoms with van der Waals surface area (Å²) < 4.78 is 1.00. The lowest BCUT2D eigenvalue weighted by Gasteiger charge is -2.47. The van der Waals surface area contributed by atoms with Crippen LogP contribution in [0.15, 0.2) is 154 Å². The van der Waals surface area contributed by atoms with Gasteiger partial charge in [-0.25, -0.2) is 10.0 Å². The van der Waals surface area contributed by atoms with E-state index in [4.69, 9.17) is 10.2 Å². The highest BCUT2D eigenvalue weighted by molar-refractivity contribution is 9.10. The van der Waals surface area contributed by atoms with Crippen molar-refractivity contribution in [2.75, 3.05) is 10.0 Å². The standard InChI is InChI=1S/C34H23BrN4OS/c35-26-22-20-24(21-23-26)31-29-18-10-11-19-30(29)34(38(36-31)27-14-6-2-7-15-27)39(28-16-8-3-9-17-28)37-33(41-34)32(40)25-12-4-1-5-13-25/h1-23H/t34-/m1/s1. The molecule has 198 valence electrons. The molecule has 0 saturated heterocycles. The average molecular weight is 616 g/mol. The Morgan fingerprint density at radius 2 is 1.17 bits per heavy atom. The number of hydrogen-bond acceptors (Lipinski definition) is 6. The number of ketones is 1. The SMILES string of the molecule is O=C(C1=NN(c2ccccc2)[C@@]2(S1)c1ccccc1C(c1ccc(Br)cc1)=NN2c1ccccc1)c1ccccc1. The molecule has 0 amide bonds. The molecule has 0 fully saturated rings. The lowest BCUT2D eigenvalue weighted by molar-refractivity contribution is 0.106. The Balaban J connectivity index is 1.49. The monoisotopic (exact) mass is 614 g/mol. The molecule has 41 heavy (non-hydrogen) atoms. The smallest absolute Gasteiger partial charge is 0.234 e. The van der Waals surface area contributed by atoms with Crippen LogP contribution in [0, 0.1) is 0 Å². The molecule has 0 N–H and O–H groups in total. The number of nitrogens with zero attached hydrogens (tertiary/aromatic N) is 4. The predicted molar refractivity (Wildman–Crippen MR) is 172 cm³/mol. The van der Waals surface area contributed by atoms with Gasteiger partial charge in [0.2, 0.25) is 10.8 Å². The third-order valence-corrected chi connectivity index (χ3v) is 8.93. The minimum Gasteiger partial charge on any atom is -0.286 e. The Hall–Kier alpha value is -4.46. The van der Waals surface area contributed by atoms with E-state index in [0.29, 0.717) is 10.6 Å². The van der Waals surface area contributed by atoms with Crippen molar-refractivity contribution < 1.29 is 4.79 Å². The molecular weight excluding hydrogens is 592 g/mol. The summed E-state index contributed by atoms with van der Waals surface area (Å²) in [6, 6.07) is 45.8. The van der Waals surface area contributed by atoms with E-state index in [0.717, 1.165) is 38.2 Å². The Kier molecular flexibility index (Phi) is 6.53. The maximum atomic E-state index is 13.9. The van der Waals surface area contributed by atoms with Crippen molar-refractivity contribution in [1.29, 1.82) is 0 Å². The van der Waals surface area contributed by atoms with Gasteiger partial charge in [-0.2, -0.15) is 10.2 Å². The van der Waals surface area contributed by atoms with Crippen molar-refractivity contribution >= 4 is 55.6 Å². The predicted octanol–water partition coefficient (Wildman–Crippen LogP) is 8.28. The summed E-state index contributed by atoms with van der Waals surface area (Å²) in [7, 11) is 0. The lowest BCUT2D eigenvalue weighted by Crippen LogP contribution is -2.54. The van der Waals surface area contributed by atoms with E-state index in [1.54, 1.807) is 0 Å². The molecule has 2 heterocycles. The number of carbonyl (C=O) groups excluding carboxylic acids is 1. The first kappa shape index (κ1) is 25.5. The maximum absolute atomic E-state index is 13.9. The van der Waals surface area contributed by atoms with Gasteiger partial charge in [0.15, 0.2) is 5.04 Å². The van der Waals surface area contributed by atoms with E-state index in [1.165, 1.54) is 11.8 Å². The molecule has 7 rings (SSSR count). The van der Waals surface area contributed by atoms with Crippen LogP contribution in [0.5, 0.6) is 0 Å². The Morgan fingerprint density at radius 3 is 1.80 bits per heavy atom. The van der Waals surface area contributed by atoms with Gasteiger partial charge in [-0.05, 0) is 48.2 Å². The largest absolute Gasteiger partial charge is 0.286 e. The number of halogens is 1. The zero-order valence-corrected chi connectivity index (χ0v) is 24.2. The molecule has 2 aliphatic rings. The van der Waals surface area contributed by atoms with Gasteiger partial charge >= 0.3 is 0 Å². The number of Topliss-reactive ketones (excluding diaryl/α,β-unsaturated/α-hetero) is 1. The highest BCUT2D eigenvalue weighted by atomic mass is 79.9. The van der Waals surface area contributed by atoms with Gasteiger partial charge in [0.25, 0.3) is 0 Å². The number of para-hydroxylation sites is 2. The molecule has 0 aromatic heterocycles. The van der Waals surface area contributed by atoms with E-state index in [1.807, 2.05) is 125 Å². The van der Waals surface area contributed by atoms with Crippen molar-refractivity contribution in [1.82, 2.24) is 0 Å². The molecule has 1 atom stereocenters. The van der Waals surface area contributed by atoms with Crippen molar-refractivity contribution in [2.45, 2.75) is 4.99 Å². The first-order valence-electron chi connectivity index (χ1n) is 13.2. The number of hydrogen-bond donors (Lipinski definition) is 0. The van der Waals surface area contributed by atoms with Crippen molar-refractivity contribution in [3.05, 3.63) is 166 Å². The van der Waals surface area contributed by atoms with E-state index in [-0.39, 0.29) is 5.78 Å². The second kappa shape index (κ2) is 10.5. The molecule has 0 unspecified atom stereocenters. The summed E-state index contributed by atoms with van der Waals surface area (Å²) in [5, 5.41) is 14.8. The number of thioether (sulfide) groups is 1. The molecule has 0 bridgehead atoms. The van der Waals surface area contributed by atoms with Crippen molar-refractivity contribution in [3.8, 4) is 0 Å². The van der Waals surface area contributed by atoms with E-state index in [2.05, 4.69) is 40.2 Å². The normalized spacial score (nSPS) is 17.7. The second-order valence-electron chi connectivity index (χ2n) is 9.61. The van der Waals surface area contributed by atoms with Gasteiger partial charge in [-0.1, -0.05) is 119 Å². The highest BCUT2D eigenvalue weighted by Crippen LogP contribution is 2.55. The number of anilines is 2. The summed E-state index contributed by atoms with van der Waals surface area (Å²) in [4.78, 5) is 12.9. The molecular formula is C34H23BrN4OS. The molecule has 5 nitrogen and oxygen atoms in total. The van der Waals surface area contributed by atoms with Gasteiger partial charge in [0.1, 0.15) is 0 Å². The zero-order valence-electron chi connectivity index (χ0n) is 21.8. The van der Waals surface area contributed by atoms with Gasteiger partial charge < -0.3 is 0 Å². The summed E-state index contributed by atoms with van der Waals surface area (Å²) >= 11 is 4.99. The van der Waals surface area contributed by atoms with Gasteiger partial charge in [-0.3, -0.25) is 4.79 Å². The van der Waals surface area contributed by atoms with E-state index < -0.39 is 4.99 Å². The summed E-state index contributed by atoms with van der Waals surface area (Å²) in [6.45, 7) is 0. The molecule has 5 aromatic rings. The fourth-order valence-corrected chi connectivity index (χ4v) is 6.82. The van der Waals surface area contributed by atoms with Crippen LogP contribution in [0.2, 0.25) is 0 Å². The van der Waals surface area contributed by atoms with Crippen LogP contribution >= 0.6 is 27.7 Å². The van der Waals surface area contributed by atoms with E-state index in [9.17, 15) is 4.79 Å². The molecule has 5 aromatic carbocycles. The van der Waals surface area contributed by atoms with Gasteiger partial charge in [0.05, 0.1) is 17.1 Å². The fourth-order valence-electron chi connectivity index (χ4n) is 5.20. The van der Waals surface area contributed by atoms with Crippen LogP contribution < -0.4 is 10.0 Å². The van der Waals surface area contributed by atoms with Crippen LogP contribution in [-0.4, -0.2) is 16.5 Å². The average Bonchev–Trinajstić information content (AvgIpc) is 3.44. The molecule has 0 radical (unpaired) electrons. The number of hydrazone groups is 2. The number of benzene rings is 5. The topological polar surface area (TPSA) is 48.3 Å². The Morgan fingerprint density at radius 1 is 0.634 bits per heavy atom. The van der Waals surface area contributed by atoms with Crippen molar-refractivity contribution in [2.24, 2.45) is 10.2 Å². The third-order valence-electron chi connectivity index (χ3n) is 7.09. The van der Waals surface area contributed by atoms with E-state index >= 15 is 0 Å².